The second-order valence-corrected chi connectivity index (χ2v) is 3.93. The van der Waals surface area contributed by atoms with Crippen molar-refractivity contribution in [3.63, 3.8) is 0 Å². The molecule has 1 amide bonds. The Morgan fingerprint density at radius 3 is 2.59 bits per heavy atom. The van der Waals surface area contributed by atoms with Gasteiger partial charge in [-0.25, -0.2) is 4.39 Å². The van der Waals surface area contributed by atoms with E-state index in [-0.39, 0.29) is 17.9 Å². The van der Waals surface area contributed by atoms with E-state index in [9.17, 15) is 19.4 Å². The molecule has 6 heteroatoms. The van der Waals surface area contributed by atoms with Gasteiger partial charge in [0.25, 0.3) is 0 Å². The van der Waals surface area contributed by atoms with E-state index in [1.54, 1.807) is 0 Å². The van der Waals surface area contributed by atoms with Gasteiger partial charge in [-0.15, -0.1) is 11.6 Å². The number of hydrogen-bond acceptors (Lipinski definition) is 3. The third-order valence-corrected chi connectivity index (χ3v) is 2.63. The minimum atomic E-state index is -1.36. The number of amides is 1. The Hall–Kier alpha value is -1.17. The van der Waals surface area contributed by atoms with E-state index < -0.39 is 23.9 Å². The standard InChI is InChI=1S/C11H13ClFNO3/c12-5-7-2-1-6(3-8(7)13)11(17)9(15)4-10(14)16/h1-3,9,11,15,17H,4-5H2,(H2,14,16). The van der Waals surface area contributed by atoms with Gasteiger partial charge in [0.2, 0.25) is 5.91 Å². The van der Waals surface area contributed by atoms with Crippen molar-refractivity contribution in [3.05, 3.63) is 35.1 Å². The molecule has 0 saturated carbocycles. The summed E-state index contributed by atoms with van der Waals surface area (Å²) in [7, 11) is 0. The monoisotopic (exact) mass is 261 g/mol. The van der Waals surface area contributed by atoms with Gasteiger partial charge in [0.15, 0.2) is 0 Å². The van der Waals surface area contributed by atoms with Crippen LogP contribution in [0.2, 0.25) is 0 Å². The molecule has 1 aromatic rings. The van der Waals surface area contributed by atoms with Gasteiger partial charge in [-0.3, -0.25) is 4.79 Å². The molecular weight excluding hydrogens is 249 g/mol. The lowest BCUT2D eigenvalue weighted by Gasteiger charge is -2.17. The number of carbonyl (C=O) groups is 1. The van der Waals surface area contributed by atoms with Gasteiger partial charge in [0.1, 0.15) is 11.9 Å². The van der Waals surface area contributed by atoms with Gasteiger partial charge in [-0.1, -0.05) is 12.1 Å². The van der Waals surface area contributed by atoms with Crippen LogP contribution in [0, 0.1) is 5.82 Å². The van der Waals surface area contributed by atoms with Gasteiger partial charge in [-0.2, -0.15) is 0 Å². The smallest absolute Gasteiger partial charge is 0.220 e. The van der Waals surface area contributed by atoms with Crippen molar-refractivity contribution in [1.29, 1.82) is 0 Å². The summed E-state index contributed by atoms with van der Waals surface area (Å²) in [6.45, 7) is 0. The minimum absolute atomic E-state index is 0.0199. The van der Waals surface area contributed by atoms with Crippen LogP contribution in [0.4, 0.5) is 4.39 Å². The number of rotatable bonds is 5. The van der Waals surface area contributed by atoms with E-state index >= 15 is 0 Å². The quantitative estimate of drug-likeness (QED) is 0.687. The predicted molar refractivity (Wildman–Crippen MR) is 60.7 cm³/mol. The molecule has 4 nitrogen and oxygen atoms in total. The lowest BCUT2D eigenvalue weighted by Crippen LogP contribution is -2.25. The van der Waals surface area contributed by atoms with Gasteiger partial charge >= 0.3 is 0 Å². The number of aliphatic hydroxyl groups excluding tert-OH is 2. The van der Waals surface area contributed by atoms with Crippen molar-refractivity contribution in [1.82, 2.24) is 0 Å². The summed E-state index contributed by atoms with van der Waals surface area (Å²) >= 11 is 5.48. The number of aliphatic hydroxyl groups is 2. The third kappa shape index (κ3) is 3.66. The van der Waals surface area contributed by atoms with E-state index in [2.05, 4.69) is 0 Å². The molecule has 0 spiro atoms. The summed E-state index contributed by atoms with van der Waals surface area (Å²) in [5, 5.41) is 19.1. The molecule has 0 aliphatic rings. The van der Waals surface area contributed by atoms with Gasteiger partial charge in [-0.05, 0) is 11.6 Å². The molecule has 0 fully saturated rings. The molecule has 0 aliphatic carbocycles. The topological polar surface area (TPSA) is 83.6 Å². The molecule has 1 aromatic carbocycles. The number of carbonyl (C=O) groups excluding carboxylic acids is 1. The van der Waals surface area contributed by atoms with Crippen LogP contribution in [-0.4, -0.2) is 22.2 Å². The van der Waals surface area contributed by atoms with Crippen molar-refractivity contribution < 1.29 is 19.4 Å². The highest BCUT2D eigenvalue weighted by Crippen LogP contribution is 2.22. The van der Waals surface area contributed by atoms with Crippen LogP contribution < -0.4 is 5.73 Å². The highest BCUT2D eigenvalue weighted by Gasteiger charge is 2.21. The molecule has 17 heavy (non-hydrogen) atoms. The van der Waals surface area contributed by atoms with E-state index in [1.165, 1.54) is 12.1 Å². The van der Waals surface area contributed by atoms with Crippen molar-refractivity contribution in [2.45, 2.75) is 24.5 Å². The second-order valence-electron chi connectivity index (χ2n) is 3.67. The highest BCUT2D eigenvalue weighted by atomic mass is 35.5. The number of primary amides is 1. The van der Waals surface area contributed by atoms with Crippen molar-refractivity contribution >= 4 is 17.5 Å². The maximum atomic E-state index is 13.4. The fourth-order valence-electron chi connectivity index (χ4n) is 1.40. The van der Waals surface area contributed by atoms with Crippen LogP contribution in [0.15, 0.2) is 18.2 Å². The highest BCUT2D eigenvalue weighted by molar-refractivity contribution is 6.17. The van der Waals surface area contributed by atoms with E-state index in [0.717, 1.165) is 6.07 Å². The van der Waals surface area contributed by atoms with Gasteiger partial charge in [0.05, 0.1) is 18.4 Å². The number of alkyl halides is 1. The first-order valence-electron chi connectivity index (χ1n) is 4.94. The first kappa shape index (κ1) is 13.9. The first-order chi connectivity index (χ1) is 7.95. The lowest BCUT2D eigenvalue weighted by atomic mass is 10.0. The number of halogens is 2. The fourth-order valence-corrected chi connectivity index (χ4v) is 1.61. The molecule has 0 aliphatic heterocycles. The van der Waals surface area contributed by atoms with Crippen LogP contribution in [0.5, 0.6) is 0 Å². The van der Waals surface area contributed by atoms with E-state index in [4.69, 9.17) is 17.3 Å². The largest absolute Gasteiger partial charge is 0.390 e. The Kier molecular flexibility index (Phi) is 4.86. The molecule has 2 unspecified atom stereocenters. The zero-order valence-electron chi connectivity index (χ0n) is 8.94. The van der Waals surface area contributed by atoms with Crippen LogP contribution in [0.3, 0.4) is 0 Å². The molecule has 0 heterocycles. The summed E-state index contributed by atoms with van der Waals surface area (Å²) in [4.78, 5) is 10.6. The molecule has 1 rings (SSSR count). The van der Waals surface area contributed by atoms with Gasteiger partial charge < -0.3 is 15.9 Å². The number of hydrogen-bond donors (Lipinski definition) is 3. The Balaban J connectivity index is 2.85. The van der Waals surface area contributed by atoms with E-state index in [1.807, 2.05) is 0 Å². The maximum absolute atomic E-state index is 13.4. The minimum Gasteiger partial charge on any atom is -0.390 e. The van der Waals surface area contributed by atoms with Crippen LogP contribution >= 0.6 is 11.6 Å². The summed E-state index contributed by atoms with van der Waals surface area (Å²) < 4.78 is 13.4. The van der Waals surface area contributed by atoms with Crippen LogP contribution in [-0.2, 0) is 10.7 Å². The molecule has 0 aromatic heterocycles. The second kappa shape index (κ2) is 5.95. The van der Waals surface area contributed by atoms with E-state index in [0.29, 0.717) is 5.56 Å². The van der Waals surface area contributed by atoms with Crippen LogP contribution in [0.25, 0.3) is 0 Å². The van der Waals surface area contributed by atoms with Crippen molar-refractivity contribution in [2.75, 3.05) is 0 Å². The average molecular weight is 262 g/mol. The molecule has 94 valence electrons. The zero-order chi connectivity index (χ0) is 13.0. The van der Waals surface area contributed by atoms with Crippen LogP contribution in [0.1, 0.15) is 23.7 Å². The fraction of sp³-hybridized carbons (Fsp3) is 0.364. The molecular formula is C11H13ClFNO3. The molecule has 0 radical (unpaired) electrons. The lowest BCUT2D eigenvalue weighted by molar-refractivity contribution is -0.121. The SMILES string of the molecule is NC(=O)CC(O)C(O)c1ccc(CCl)c(F)c1. The zero-order valence-corrected chi connectivity index (χ0v) is 9.69. The molecule has 4 N–H and O–H groups in total. The molecule has 0 saturated heterocycles. The summed E-state index contributed by atoms with van der Waals surface area (Å²) in [6, 6.07) is 3.93. The summed E-state index contributed by atoms with van der Waals surface area (Å²) in [5.41, 5.74) is 5.35. The Bertz CT molecular complexity index is 414. The Morgan fingerprint density at radius 2 is 2.12 bits per heavy atom. The van der Waals surface area contributed by atoms with Crippen molar-refractivity contribution in [3.8, 4) is 0 Å². The number of nitrogens with two attached hydrogens (primary N) is 1. The normalized spacial score (nSPS) is 14.4. The maximum Gasteiger partial charge on any atom is 0.220 e. The Morgan fingerprint density at radius 1 is 1.47 bits per heavy atom. The summed E-state index contributed by atoms with van der Waals surface area (Å²) in [5.74, 6) is -1.29. The Labute approximate surface area is 103 Å². The van der Waals surface area contributed by atoms with Gasteiger partial charge in [0, 0.05) is 5.56 Å². The molecule has 0 bridgehead atoms. The summed E-state index contributed by atoms with van der Waals surface area (Å²) in [6.07, 6.45) is -3.10. The first-order valence-corrected chi connectivity index (χ1v) is 5.48. The predicted octanol–water partition coefficient (Wildman–Crippen LogP) is 0.834. The third-order valence-electron chi connectivity index (χ3n) is 2.34. The molecule has 2 atom stereocenters. The number of benzene rings is 1. The average Bonchev–Trinajstić information content (AvgIpc) is 2.27. The van der Waals surface area contributed by atoms with Crippen molar-refractivity contribution in [2.24, 2.45) is 5.73 Å².